The van der Waals surface area contributed by atoms with E-state index in [0.717, 1.165) is 12.5 Å². The zero-order valence-corrected chi connectivity index (χ0v) is 9.48. The highest BCUT2D eigenvalue weighted by Crippen LogP contribution is 2.27. The van der Waals surface area contributed by atoms with Gasteiger partial charge in [-0.25, -0.2) is 4.98 Å². The van der Waals surface area contributed by atoms with Gasteiger partial charge >= 0.3 is 0 Å². The molecule has 1 aromatic heterocycles. The van der Waals surface area contributed by atoms with E-state index in [4.69, 9.17) is 5.73 Å². The number of pyridine rings is 1. The topological polar surface area (TPSA) is 42.2 Å². The molecular weight excluding hydrogens is 186 g/mol. The molecule has 2 atom stereocenters. The normalized spacial score (nSPS) is 26.7. The van der Waals surface area contributed by atoms with Crippen LogP contribution in [0.1, 0.15) is 26.7 Å². The third-order valence-corrected chi connectivity index (χ3v) is 3.21. The molecule has 0 spiro atoms. The molecule has 1 aliphatic heterocycles. The van der Waals surface area contributed by atoms with Crippen LogP contribution in [0, 0.1) is 5.92 Å². The minimum absolute atomic E-state index is 0.609. The molecule has 0 amide bonds. The molecule has 2 rings (SSSR count). The summed E-state index contributed by atoms with van der Waals surface area (Å²) >= 11 is 0. The summed E-state index contributed by atoms with van der Waals surface area (Å²) in [7, 11) is 0. The van der Waals surface area contributed by atoms with Crippen LogP contribution in [0.2, 0.25) is 0 Å². The molecule has 2 unspecified atom stereocenters. The van der Waals surface area contributed by atoms with E-state index >= 15 is 0 Å². The third-order valence-electron chi connectivity index (χ3n) is 3.21. The Morgan fingerprint density at radius 1 is 1.40 bits per heavy atom. The van der Waals surface area contributed by atoms with Crippen LogP contribution in [0.4, 0.5) is 11.5 Å². The van der Waals surface area contributed by atoms with E-state index in [1.165, 1.54) is 18.5 Å². The van der Waals surface area contributed by atoms with Gasteiger partial charge in [0.15, 0.2) is 0 Å². The summed E-state index contributed by atoms with van der Waals surface area (Å²) in [6.45, 7) is 5.72. The highest BCUT2D eigenvalue weighted by molar-refractivity contribution is 5.53. The quantitative estimate of drug-likeness (QED) is 0.765. The molecule has 0 aromatic carbocycles. The van der Waals surface area contributed by atoms with Crippen LogP contribution in [0.25, 0.3) is 0 Å². The van der Waals surface area contributed by atoms with Gasteiger partial charge in [0.05, 0.1) is 0 Å². The number of nitrogens with zero attached hydrogens (tertiary/aromatic N) is 2. The summed E-state index contributed by atoms with van der Waals surface area (Å²) in [4.78, 5) is 6.47. The first-order valence-corrected chi connectivity index (χ1v) is 5.65. The zero-order valence-electron chi connectivity index (χ0n) is 9.48. The van der Waals surface area contributed by atoms with Gasteiger partial charge in [-0.15, -0.1) is 0 Å². The summed E-state index contributed by atoms with van der Waals surface area (Å²) in [5.74, 6) is 1.38. The van der Waals surface area contributed by atoms with E-state index < -0.39 is 0 Å². The average Bonchev–Trinajstić information content (AvgIpc) is 2.22. The minimum atomic E-state index is 0.609. The van der Waals surface area contributed by atoms with E-state index in [1.54, 1.807) is 6.20 Å². The Kier molecular flexibility index (Phi) is 2.80. The molecule has 2 N–H and O–H groups in total. The van der Waals surface area contributed by atoms with E-state index in [9.17, 15) is 0 Å². The Hall–Kier alpha value is -1.25. The molecule has 3 nitrogen and oxygen atoms in total. The zero-order chi connectivity index (χ0) is 10.8. The summed E-state index contributed by atoms with van der Waals surface area (Å²) in [5.41, 5.74) is 6.92. The fraction of sp³-hybridized carbons (Fsp3) is 0.583. The Morgan fingerprint density at radius 2 is 2.20 bits per heavy atom. The van der Waals surface area contributed by atoms with Gasteiger partial charge in [0.1, 0.15) is 5.82 Å². The molecule has 0 radical (unpaired) electrons. The van der Waals surface area contributed by atoms with Gasteiger partial charge in [-0.1, -0.05) is 6.92 Å². The van der Waals surface area contributed by atoms with Gasteiger partial charge < -0.3 is 10.6 Å². The SMILES string of the molecule is CC1CCC(C)N(c2ccnc(N)c2)C1. The second-order valence-electron chi connectivity index (χ2n) is 4.62. The number of piperidine rings is 1. The number of nitrogens with two attached hydrogens (primary N) is 1. The predicted octanol–water partition coefficient (Wildman–Crippen LogP) is 2.29. The molecular formula is C12H19N3. The van der Waals surface area contributed by atoms with Crippen molar-refractivity contribution in [2.45, 2.75) is 32.7 Å². The van der Waals surface area contributed by atoms with Crippen molar-refractivity contribution in [3.63, 3.8) is 0 Å². The Labute approximate surface area is 91.3 Å². The average molecular weight is 205 g/mol. The van der Waals surface area contributed by atoms with Crippen molar-refractivity contribution in [1.82, 2.24) is 4.98 Å². The van der Waals surface area contributed by atoms with Crippen molar-refractivity contribution in [2.24, 2.45) is 5.92 Å². The monoisotopic (exact) mass is 205 g/mol. The Balaban J connectivity index is 2.21. The van der Waals surface area contributed by atoms with Crippen molar-refractivity contribution < 1.29 is 0 Å². The van der Waals surface area contributed by atoms with Crippen LogP contribution >= 0.6 is 0 Å². The highest BCUT2D eigenvalue weighted by atomic mass is 15.2. The maximum atomic E-state index is 5.71. The molecule has 2 heterocycles. The summed E-state index contributed by atoms with van der Waals surface area (Å²) in [5, 5.41) is 0. The molecule has 3 heteroatoms. The molecule has 0 aliphatic carbocycles. The number of rotatable bonds is 1. The molecule has 1 aromatic rings. The Morgan fingerprint density at radius 3 is 2.93 bits per heavy atom. The van der Waals surface area contributed by atoms with E-state index in [2.05, 4.69) is 23.7 Å². The van der Waals surface area contributed by atoms with Crippen LogP contribution < -0.4 is 10.6 Å². The standard InChI is InChI=1S/C12H19N3/c1-9-3-4-10(2)15(8-9)11-5-6-14-12(13)7-11/h5-7,9-10H,3-4,8H2,1-2H3,(H2,13,14). The van der Waals surface area contributed by atoms with Gasteiger partial charge in [0.25, 0.3) is 0 Å². The van der Waals surface area contributed by atoms with Crippen LogP contribution in [-0.2, 0) is 0 Å². The van der Waals surface area contributed by atoms with E-state index in [-0.39, 0.29) is 0 Å². The van der Waals surface area contributed by atoms with Gasteiger partial charge in [-0.05, 0) is 31.7 Å². The fourth-order valence-electron chi connectivity index (χ4n) is 2.26. The molecule has 82 valence electrons. The molecule has 1 aliphatic rings. The minimum Gasteiger partial charge on any atom is -0.384 e. The Bertz CT molecular complexity index is 337. The van der Waals surface area contributed by atoms with Crippen LogP contribution in [-0.4, -0.2) is 17.6 Å². The first-order valence-electron chi connectivity index (χ1n) is 5.65. The van der Waals surface area contributed by atoms with Crippen molar-refractivity contribution in [1.29, 1.82) is 0 Å². The maximum absolute atomic E-state index is 5.71. The van der Waals surface area contributed by atoms with Gasteiger partial charge in [-0.3, -0.25) is 0 Å². The van der Waals surface area contributed by atoms with Crippen LogP contribution in [0.15, 0.2) is 18.3 Å². The van der Waals surface area contributed by atoms with Gasteiger partial charge in [0, 0.05) is 30.5 Å². The van der Waals surface area contributed by atoms with E-state index in [1.807, 2.05) is 12.1 Å². The van der Waals surface area contributed by atoms with Crippen molar-refractivity contribution in [3.05, 3.63) is 18.3 Å². The molecule has 1 saturated heterocycles. The van der Waals surface area contributed by atoms with Crippen molar-refractivity contribution >= 4 is 11.5 Å². The smallest absolute Gasteiger partial charge is 0.125 e. The maximum Gasteiger partial charge on any atom is 0.125 e. The number of anilines is 2. The fourth-order valence-corrected chi connectivity index (χ4v) is 2.26. The summed E-state index contributed by atoms with van der Waals surface area (Å²) in [6.07, 6.45) is 4.39. The molecule has 15 heavy (non-hydrogen) atoms. The van der Waals surface area contributed by atoms with Crippen molar-refractivity contribution in [2.75, 3.05) is 17.2 Å². The molecule has 0 bridgehead atoms. The van der Waals surface area contributed by atoms with Gasteiger partial charge in [-0.2, -0.15) is 0 Å². The van der Waals surface area contributed by atoms with Crippen LogP contribution in [0.3, 0.4) is 0 Å². The largest absolute Gasteiger partial charge is 0.384 e. The number of hydrogen-bond donors (Lipinski definition) is 1. The molecule has 1 fully saturated rings. The lowest BCUT2D eigenvalue weighted by atomic mass is 9.94. The highest BCUT2D eigenvalue weighted by Gasteiger charge is 2.22. The van der Waals surface area contributed by atoms with Crippen molar-refractivity contribution in [3.8, 4) is 0 Å². The van der Waals surface area contributed by atoms with E-state index in [0.29, 0.717) is 11.9 Å². The third kappa shape index (κ3) is 2.22. The van der Waals surface area contributed by atoms with Gasteiger partial charge in [0.2, 0.25) is 0 Å². The second kappa shape index (κ2) is 4.09. The number of nitrogen functional groups attached to an aromatic ring is 1. The second-order valence-corrected chi connectivity index (χ2v) is 4.62. The van der Waals surface area contributed by atoms with Crippen LogP contribution in [0.5, 0.6) is 0 Å². The summed E-state index contributed by atoms with van der Waals surface area (Å²) < 4.78 is 0. The lowest BCUT2D eigenvalue weighted by Crippen LogP contribution is -2.41. The number of hydrogen-bond acceptors (Lipinski definition) is 3. The first-order chi connectivity index (χ1) is 7.16. The first kappa shape index (κ1) is 10.3. The molecule has 0 saturated carbocycles. The summed E-state index contributed by atoms with van der Waals surface area (Å²) in [6, 6.07) is 4.63. The predicted molar refractivity (Wildman–Crippen MR) is 63.9 cm³/mol. The lowest BCUT2D eigenvalue weighted by molar-refractivity contribution is 0.390. The lowest BCUT2D eigenvalue weighted by Gasteiger charge is -2.38. The number of aromatic nitrogens is 1.